The fourth-order valence-corrected chi connectivity index (χ4v) is 2.94. The second kappa shape index (κ2) is 6.49. The monoisotopic (exact) mass is 304 g/mol. The largest absolute Gasteiger partial charge is 0.346 e. The predicted octanol–water partition coefficient (Wildman–Crippen LogP) is 1.81. The van der Waals surface area contributed by atoms with Crippen molar-refractivity contribution in [3.63, 3.8) is 0 Å². The first-order chi connectivity index (χ1) is 10.0. The van der Waals surface area contributed by atoms with Gasteiger partial charge in [-0.3, -0.25) is 9.78 Å². The molecule has 2 aromatic rings. The Balaban J connectivity index is 2.21. The van der Waals surface area contributed by atoms with Crippen molar-refractivity contribution in [1.29, 1.82) is 0 Å². The average molecular weight is 304 g/mol. The predicted molar refractivity (Wildman–Crippen MR) is 79.6 cm³/mol. The molecule has 6 heteroatoms. The molecule has 0 bridgehead atoms. The van der Waals surface area contributed by atoms with Gasteiger partial charge in [0.05, 0.1) is 28.5 Å². The molecule has 5 nitrogen and oxygen atoms in total. The zero-order valence-corrected chi connectivity index (χ0v) is 12.4. The SMILES string of the molecule is CCS(=O)(=O)c1ccccc1C(=O)NCc1ccccn1. The van der Waals surface area contributed by atoms with Crippen LogP contribution in [0, 0.1) is 0 Å². The number of hydrogen-bond acceptors (Lipinski definition) is 4. The number of carbonyl (C=O) groups is 1. The van der Waals surface area contributed by atoms with Crippen LogP contribution < -0.4 is 5.32 Å². The van der Waals surface area contributed by atoms with Gasteiger partial charge >= 0.3 is 0 Å². The summed E-state index contributed by atoms with van der Waals surface area (Å²) in [6, 6.07) is 11.6. The first kappa shape index (κ1) is 15.2. The summed E-state index contributed by atoms with van der Waals surface area (Å²) in [6.45, 7) is 1.80. The molecule has 1 aromatic carbocycles. The molecule has 1 aromatic heterocycles. The van der Waals surface area contributed by atoms with E-state index in [1.165, 1.54) is 12.1 Å². The molecule has 110 valence electrons. The summed E-state index contributed by atoms with van der Waals surface area (Å²) in [5, 5.41) is 2.69. The van der Waals surface area contributed by atoms with E-state index in [1.54, 1.807) is 37.4 Å². The maximum absolute atomic E-state index is 12.2. The Morgan fingerprint density at radius 3 is 2.52 bits per heavy atom. The van der Waals surface area contributed by atoms with Crippen molar-refractivity contribution in [2.45, 2.75) is 18.4 Å². The lowest BCUT2D eigenvalue weighted by molar-refractivity contribution is 0.0947. The van der Waals surface area contributed by atoms with Crippen molar-refractivity contribution in [1.82, 2.24) is 10.3 Å². The lowest BCUT2D eigenvalue weighted by atomic mass is 10.2. The molecular formula is C15H16N2O3S. The number of amides is 1. The summed E-state index contributed by atoms with van der Waals surface area (Å²) in [6.07, 6.45) is 1.64. The highest BCUT2D eigenvalue weighted by atomic mass is 32.2. The van der Waals surface area contributed by atoms with E-state index in [9.17, 15) is 13.2 Å². The molecule has 0 unspecified atom stereocenters. The molecule has 0 saturated heterocycles. The maximum Gasteiger partial charge on any atom is 0.252 e. The smallest absolute Gasteiger partial charge is 0.252 e. The number of sulfone groups is 1. The fraction of sp³-hybridized carbons (Fsp3) is 0.200. The normalized spacial score (nSPS) is 11.1. The minimum Gasteiger partial charge on any atom is -0.346 e. The molecule has 0 atom stereocenters. The van der Waals surface area contributed by atoms with Gasteiger partial charge in [0.25, 0.3) is 5.91 Å². The second-order valence-corrected chi connectivity index (χ2v) is 6.65. The highest BCUT2D eigenvalue weighted by Gasteiger charge is 2.20. The van der Waals surface area contributed by atoms with Crippen molar-refractivity contribution in [3.05, 3.63) is 59.9 Å². The van der Waals surface area contributed by atoms with Crippen LogP contribution in [-0.2, 0) is 16.4 Å². The van der Waals surface area contributed by atoms with E-state index < -0.39 is 15.7 Å². The summed E-state index contributed by atoms with van der Waals surface area (Å²) in [5.41, 5.74) is 0.872. The summed E-state index contributed by atoms with van der Waals surface area (Å²) in [5.74, 6) is -0.467. The molecule has 0 saturated carbocycles. The van der Waals surface area contributed by atoms with E-state index in [0.717, 1.165) is 0 Å². The van der Waals surface area contributed by atoms with Gasteiger partial charge in [0.2, 0.25) is 0 Å². The van der Waals surface area contributed by atoms with Gasteiger partial charge in [-0.15, -0.1) is 0 Å². The molecule has 0 aliphatic rings. The van der Waals surface area contributed by atoms with Gasteiger partial charge in [0, 0.05) is 6.20 Å². The maximum atomic E-state index is 12.2. The third-order valence-corrected chi connectivity index (χ3v) is 4.79. The Kier molecular flexibility index (Phi) is 4.70. The Bertz CT molecular complexity index is 728. The van der Waals surface area contributed by atoms with E-state index >= 15 is 0 Å². The molecule has 1 N–H and O–H groups in total. The first-order valence-electron chi connectivity index (χ1n) is 6.54. The minimum atomic E-state index is -3.43. The third kappa shape index (κ3) is 3.66. The number of rotatable bonds is 5. The number of pyridine rings is 1. The molecule has 0 aliphatic carbocycles. The average Bonchev–Trinajstić information content (AvgIpc) is 2.53. The molecule has 0 aliphatic heterocycles. The molecule has 0 spiro atoms. The molecule has 0 radical (unpaired) electrons. The number of aromatic nitrogens is 1. The number of hydrogen-bond donors (Lipinski definition) is 1. The van der Waals surface area contributed by atoms with Crippen molar-refractivity contribution in [2.75, 3.05) is 5.75 Å². The second-order valence-electron chi connectivity index (χ2n) is 4.40. The minimum absolute atomic E-state index is 0.0441. The lowest BCUT2D eigenvalue weighted by Gasteiger charge is -2.09. The number of benzene rings is 1. The van der Waals surface area contributed by atoms with Crippen LogP contribution in [-0.4, -0.2) is 25.1 Å². The molecule has 2 rings (SSSR count). The Hall–Kier alpha value is -2.21. The Labute approximate surface area is 124 Å². The molecular weight excluding hydrogens is 288 g/mol. The molecule has 21 heavy (non-hydrogen) atoms. The Morgan fingerprint density at radius 1 is 1.14 bits per heavy atom. The highest BCUT2D eigenvalue weighted by molar-refractivity contribution is 7.91. The fourth-order valence-electron chi connectivity index (χ4n) is 1.85. The van der Waals surface area contributed by atoms with Gasteiger partial charge in [-0.05, 0) is 24.3 Å². The first-order valence-corrected chi connectivity index (χ1v) is 8.19. The topological polar surface area (TPSA) is 76.1 Å². The number of nitrogens with zero attached hydrogens (tertiary/aromatic N) is 1. The van der Waals surface area contributed by atoms with Crippen molar-refractivity contribution < 1.29 is 13.2 Å². The van der Waals surface area contributed by atoms with Gasteiger partial charge < -0.3 is 5.32 Å². The summed E-state index contributed by atoms with van der Waals surface area (Å²) < 4.78 is 24.0. The Morgan fingerprint density at radius 2 is 1.86 bits per heavy atom. The standard InChI is InChI=1S/C15H16N2O3S/c1-2-21(19,20)14-9-4-3-8-13(14)15(18)17-11-12-7-5-6-10-16-12/h3-10H,2,11H2,1H3,(H,17,18). The van der Waals surface area contributed by atoms with Gasteiger partial charge in [-0.2, -0.15) is 0 Å². The van der Waals surface area contributed by atoms with E-state index in [-0.39, 0.29) is 22.8 Å². The zero-order chi connectivity index (χ0) is 15.3. The summed E-state index contributed by atoms with van der Waals surface area (Å²) in [7, 11) is -3.43. The summed E-state index contributed by atoms with van der Waals surface area (Å²) >= 11 is 0. The van der Waals surface area contributed by atoms with Gasteiger partial charge in [0.1, 0.15) is 0 Å². The van der Waals surface area contributed by atoms with Crippen LogP contribution in [0.25, 0.3) is 0 Å². The summed E-state index contributed by atoms with van der Waals surface area (Å²) in [4.78, 5) is 16.4. The number of nitrogens with one attached hydrogen (secondary N) is 1. The van der Waals surface area contributed by atoms with E-state index in [2.05, 4.69) is 10.3 Å². The third-order valence-electron chi connectivity index (χ3n) is 3.00. The lowest BCUT2D eigenvalue weighted by Crippen LogP contribution is -2.25. The van der Waals surface area contributed by atoms with Crippen molar-refractivity contribution in [2.24, 2.45) is 0 Å². The van der Waals surface area contributed by atoms with Crippen LogP contribution in [0.2, 0.25) is 0 Å². The number of carbonyl (C=O) groups excluding carboxylic acids is 1. The molecule has 1 amide bonds. The van der Waals surface area contributed by atoms with E-state index in [0.29, 0.717) is 5.69 Å². The van der Waals surface area contributed by atoms with Gasteiger partial charge in [-0.25, -0.2) is 8.42 Å². The van der Waals surface area contributed by atoms with Crippen LogP contribution in [0.15, 0.2) is 53.6 Å². The highest BCUT2D eigenvalue weighted by Crippen LogP contribution is 2.17. The van der Waals surface area contributed by atoms with E-state index in [1.807, 2.05) is 6.07 Å². The van der Waals surface area contributed by atoms with Crippen LogP contribution in [0.3, 0.4) is 0 Å². The molecule has 0 fully saturated rings. The van der Waals surface area contributed by atoms with Gasteiger partial charge in [0.15, 0.2) is 9.84 Å². The van der Waals surface area contributed by atoms with Gasteiger partial charge in [-0.1, -0.05) is 25.1 Å². The zero-order valence-electron chi connectivity index (χ0n) is 11.6. The molecule has 1 heterocycles. The van der Waals surface area contributed by atoms with Crippen LogP contribution in [0.5, 0.6) is 0 Å². The van der Waals surface area contributed by atoms with E-state index in [4.69, 9.17) is 0 Å². The van der Waals surface area contributed by atoms with Crippen LogP contribution in [0.4, 0.5) is 0 Å². The van der Waals surface area contributed by atoms with Crippen LogP contribution in [0.1, 0.15) is 23.0 Å². The quantitative estimate of drug-likeness (QED) is 0.914. The van der Waals surface area contributed by atoms with Crippen molar-refractivity contribution in [3.8, 4) is 0 Å². The van der Waals surface area contributed by atoms with Crippen molar-refractivity contribution >= 4 is 15.7 Å². The van der Waals surface area contributed by atoms with Crippen LogP contribution >= 0.6 is 0 Å².